The summed E-state index contributed by atoms with van der Waals surface area (Å²) < 4.78 is 28.9. The summed E-state index contributed by atoms with van der Waals surface area (Å²) in [6.07, 6.45) is 7.47. The Morgan fingerprint density at radius 3 is 2.32 bits per heavy atom. The summed E-state index contributed by atoms with van der Waals surface area (Å²) in [6, 6.07) is 0. The molecule has 0 aromatic rings. The SMILES string of the molecule is CCCC(CCBr)CNS(=O)(=O)N1CCCCCC1. The van der Waals surface area contributed by atoms with E-state index in [2.05, 4.69) is 27.6 Å². The standard InChI is InChI=1S/C13H27BrN2O2S/c1-2-7-13(8-9-14)12-15-19(17,18)16-10-5-3-4-6-11-16/h13,15H,2-12H2,1H3. The molecular weight excluding hydrogens is 328 g/mol. The normalized spacial score (nSPS) is 20.1. The Morgan fingerprint density at radius 1 is 1.16 bits per heavy atom. The van der Waals surface area contributed by atoms with Gasteiger partial charge in [-0.25, -0.2) is 4.72 Å². The molecule has 0 saturated carbocycles. The molecule has 1 atom stereocenters. The van der Waals surface area contributed by atoms with E-state index in [1.807, 2.05) is 0 Å². The van der Waals surface area contributed by atoms with Crippen LogP contribution in [0.2, 0.25) is 0 Å². The van der Waals surface area contributed by atoms with Gasteiger partial charge in [-0.05, 0) is 31.6 Å². The van der Waals surface area contributed by atoms with Crippen molar-refractivity contribution in [3.63, 3.8) is 0 Å². The Labute approximate surface area is 126 Å². The van der Waals surface area contributed by atoms with E-state index in [0.29, 0.717) is 25.6 Å². The van der Waals surface area contributed by atoms with Crippen LogP contribution in [0, 0.1) is 5.92 Å². The average molecular weight is 355 g/mol. The van der Waals surface area contributed by atoms with Crippen LogP contribution in [0.1, 0.15) is 51.9 Å². The van der Waals surface area contributed by atoms with Crippen LogP contribution in [0.25, 0.3) is 0 Å². The van der Waals surface area contributed by atoms with Gasteiger partial charge in [0.1, 0.15) is 0 Å². The van der Waals surface area contributed by atoms with Gasteiger partial charge in [0.05, 0.1) is 0 Å². The number of hydrogen-bond acceptors (Lipinski definition) is 2. The van der Waals surface area contributed by atoms with Gasteiger partial charge in [0.2, 0.25) is 0 Å². The molecule has 1 unspecified atom stereocenters. The molecule has 0 radical (unpaired) electrons. The third-order valence-corrected chi connectivity index (χ3v) is 5.71. The second-order valence-electron chi connectivity index (χ2n) is 5.30. The molecule has 0 aromatic carbocycles. The number of hydrogen-bond donors (Lipinski definition) is 1. The molecular formula is C13H27BrN2O2S. The van der Waals surface area contributed by atoms with Gasteiger partial charge in [-0.15, -0.1) is 0 Å². The lowest BCUT2D eigenvalue weighted by atomic mass is 10.0. The zero-order valence-corrected chi connectivity index (χ0v) is 14.3. The van der Waals surface area contributed by atoms with E-state index >= 15 is 0 Å². The molecule has 0 aromatic heterocycles. The Morgan fingerprint density at radius 2 is 1.79 bits per heavy atom. The molecule has 0 aliphatic carbocycles. The van der Waals surface area contributed by atoms with Gasteiger partial charge >= 0.3 is 0 Å². The first-order valence-electron chi connectivity index (χ1n) is 7.41. The van der Waals surface area contributed by atoms with Crippen molar-refractivity contribution >= 4 is 26.1 Å². The second-order valence-corrected chi connectivity index (χ2v) is 7.85. The van der Waals surface area contributed by atoms with Gasteiger partial charge in [-0.1, -0.05) is 42.1 Å². The predicted molar refractivity (Wildman–Crippen MR) is 83.8 cm³/mol. The summed E-state index contributed by atoms with van der Waals surface area (Å²) in [4.78, 5) is 0. The van der Waals surface area contributed by atoms with E-state index in [0.717, 1.165) is 50.3 Å². The van der Waals surface area contributed by atoms with Crippen molar-refractivity contribution in [1.82, 2.24) is 9.03 Å². The van der Waals surface area contributed by atoms with Crippen LogP contribution < -0.4 is 4.72 Å². The molecule has 1 heterocycles. The second kappa shape index (κ2) is 9.32. The smallest absolute Gasteiger partial charge is 0.202 e. The first-order valence-corrected chi connectivity index (χ1v) is 9.97. The van der Waals surface area contributed by atoms with Crippen molar-refractivity contribution in [2.24, 2.45) is 5.92 Å². The molecule has 1 N–H and O–H groups in total. The Bertz CT molecular complexity index is 322. The zero-order chi connectivity index (χ0) is 14.1. The Balaban J connectivity index is 2.47. The molecule has 19 heavy (non-hydrogen) atoms. The maximum absolute atomic E-state index is 12.3. The van der Waals surface area contributed by atoms with Crippen molar-refractivity contribution in [2.45, 2.75) is 51.9 Å². The highest BCUT2D eigenvalue weighted by Crippen LogP contribution is 2.15. The largest absolute Gasteiger partial charge is 0.279 e. The monoisotopic (exact) mass is 354 g/mol. The van der Waals surface area contributed by atoms with E-state index in [1.54, 1.807) is 4.31 Å². The van der Waals surface area contributed by atoms with Crippen LogP contribution in [-0.4, -0.2) is 37.7 Å². The first-order chi connectivity index (χ1) is 9.10. The molecule has 6 heteroatoms. The van der Waals surface area contributed by atoms with Crippen LogP contribution in [-0.2, 0) is 10.2 Å². The highest BCUT2D eigenvalue weighted by Gasteiger charge is 2.23. The van der Waals surface area contributed by atoms with E-state index in [1.165, 1.54) is 0 Å². The fourth-order valence-corrected chi connectivity index (χ4v) is 4.52. The highest BCUT2D eigenvalue weighted by atomic mass is 79.9. The van der Waals surface area contributed by atoms with Crippen LogP contribution >= 0.6 is 15.9 Å². The number of halogens is 1. The van der Waals surface area contributed by atoms with Crippen molar-refractivity contribution in [3.05, 3.63) is 0 Å². The molecule has 0 spiro atoms. The molecule has 1 saturated heterocycles. The van der Waals surface area contributed by atoms with Crippen molar-refractivity contribution in [1.29, 1.82) is 0 Å². The highest BCUT2D eigenvalue weighted by molar-refractivity contribution is 9.09. The number of nitrogens with zero attached hydrogens (tertiary/aromatic N) is 1. The summed E-state index contributed by atoms with van der Waals surface area (Å²) in [5.41, 5.74) is 0. The molecule has 0 bridgehead atoms. The molecule has 0 amide bonds. The van der Waals surface area contributed by atoms with Gasteiger partial charge in [0.25, 0.3) is 10.2 Å². The van der Waals surface area contributed by atoms with Gasteiger partial charge in [-0.3, -0.25) is 0 Å². The minimum Gasteiger partial charge on any atom is -0.202 e. The topological polar surface area (TPSA) is 49.4 Å². The number of nitrogens with one attached hydrogen (secondary N) is 1. The molecule has 4 nitrogen and oxygen atoms in total. The number of rotatable bonds is 8. The molecule has 114 valence electrons. The van der Waals surface area contributed by atoms with E-state index in [9.17, 15) is 8.42 Å². The fraction of sp³-hybridized carbons (Fsp3) is 1.00. The predicted octanol–water partition coefficient (Wildman–Crippen LogP) is 2.90. The van der Waals surface area contributed by atoms with Crippen molar-refractivity contribution in [2.75, 3.05) is 25.0 Å². The van der Waals surface area contributed by atoms with Crippen LogP contribution in [0.3, 0.4) is 0 Å². The van der Waals surface area contributed by atoms with Crippen LogP contribution in [0.5, 0.6) is 0 Å². The van der Waals surface area contributed by atoms with Gasteiger partial charge in [0.15, 0.2) is 0 Å². The lowest BCUT2D eigenvalue weighted by molar-refractivity contribution is 0.400. The van der Waals surface area contributed by atoms with Gasteiger partial charge in [-0.2, -0.15) is 12.7 Å². The van der Waals surface area contributed by atoms with Crippen LogP contribution in [0.15, 0.2) is 0 Å². The Hall–Kier alpha value is 0.350. The van der Waals surface area contributed by atoms with E-state index < -0.39 is 10.2 Å². The van der Waals surface area contributed by atoms with E-state index in [-0.39, 0.29) is 0 Å². The minimum atomic E-state index is -3.27. The van der Waals surface area contributed by atoms with E-state index in [4.69, 9.17) is 0 Å². The zero-order valence-electron chi connectivity index (χ0n) is 11.9. The quantitative estimate of drug-likeness (QED) is 0.681. The third kappa shape index (κ3) is 6.56. The molecule has 1 rings (SSSR count). The summed E-state index contributed by atoms with van der Waals surface area (Å²) in [5.74, 6) is 0.436. The average Bonchev–Trinajstić information content (AvgIpc) is 2.66. The maximum Gasteiger partial charge on any atom is 0.279 e. The van der Waals surface area contributed by atoms with Gasteiger partial charge in [0, 0.05) is 25.0 Å². The van der Waals surface area contributed by atoms with Crippen molar-refractivity contribution < 1.29 is 8.42 Å². The lowest BCUT2D eigenvalue weighted by Crippen LogP contribution is -2.43. The summed E-state index contributed by atoms with van der Waals surface area (Å²) in [6.45, 7) is 4.06. The summed E-state index contributed by atoms with van der Waals surface area (Å²) in [5, 5.41) is 0.934. The summed E-state index contributed by atoms with van der Waals surface area (Å²) in [7, 11) is -3.27. The first kappa shape index (κ1) is 17.4. The molecule has 1 fully saturated rings. The Kier molecular flexibility index (Phi) is 8.53. The summed E-state index contributed by atoms with van der Waals surface area (Å²) >= 11 is 3.44. The van der Waals surface area contributed by atoms with Crippen LogP contribution in [0.4, 0.5) is 0 Å². The third-order valence-electron chi connectivity index (χ3n) is 3.67. The minimum absolute atomic E-state index is 0.436. The van der Waals surface area contributed by atoms with Gasteiger partial charge < -0.3 is 0 Å². The molecule has 1 aliphatic heterocycles. The molecule has 1 aliphatic rings. The maximum atomic E-state index is 12.3. The van der Waals surface area contributed by atoms with Crippen molar-refractivity contribution in [3.8, 4) is 0 Å². The number of alkyl halides is 1. The lowest BCUT2D eigenvalue weighted by Gasteiger charge is -2.22. The fourth-order valence-electron chi connectivity index (χ4n) is 2.51.